The van der Waals surface area contributed by atoms with Crippen molar-refractivity contribution in [2.75, 3.05) is 11.6 Å². The summed E-state index contributed by atoms with van der Waals surface area (Å²) in [5.41, 5.74) is 1.03. The highest BCUT2D eigenvalue weighted by Crippen LogP contribution is 2.26. The third-order valence-electron chi connectivity index (χ3n) is 3.20. The molecule has 1 rings (SSSR count). The summed E-state index contributed by atoms with van der Waals surface area (Å²) in [6.45, 7) is 5.17. The van der Waals surface area contributed by atoms with Crippen LogP contribution < -0.4 is 0 Å². The summed E-state index contributed by atoms with van der Waals surface area (Å²) in [6, 6.07) is 7.40. The van der Waals surface area contributed by atoms with Crippen LogP contribution in [0.25, 0.3) is 0 Å². The molecule has 19 heavy (non-hydrogen) atoms. The van der Waals surface area contributed by atoms with Crippen molar-refractivity contribution in [3.63, 3.8) is 0 Å². The molecule has 0 aromatic heterocycles. The average Bonchev–Trinajstić information content (AvgIpc) is 2.30. The first kappa shape index (κ1) is 16.8. The lowest BCUT2D eigenvalue weighted by Gasteiger charge is -2.21. The molecular formula is C14H20Cl2O2S. The molecule has 0 fully saturated rings. The quantitative estimate of drug-likeness (QED) is 0.759. The van der Waals surface area contributed by atoms with Crippen LogP contribution in [0.4, 0.5) is 0 Å². The maximum absolute atomic E-state index is 12.1. The van der Waals surface area contributed by atoms with Gasteiger partial charge < -0.3 is 0 Å². The molecule has 0 saturated carbocycles. The van der Waals surface area contributed by atoms with Crippen molar-refractivity contribution in [2.45, 2.75) is 37.9 Å². The Bertz CT molecular complexity index is 501. The van der Waals surface area contributed by atoms with Crippen LogP contribution >= 0.6 is 23.2 Å². The number of alkyl halides is 1. The van der Waals surface area contributed by atoms with Gasteiger partial charge in [-0.2, -0.15) is 0 Å². The molecule has 0 bridgehead atoms. The molecule has 0 spiro atoms. The van der Waals surface area contributed by atoms with E-state index in [-0.39, 0.29) is 11.7 Å². The Morgan fingerprint density at radius 2 is 1.68 bits per heavy atom. The molecule has 0 aliphatic carbocycles. The lowest BCUT2D eigenvalue weighted by Crippen LogP contribution is -2.31. The maximum Gasteiger partial charge on any atom is 0.155 e. The van der Waals surface area contributed by atoms with Gasteiger partial charge in [-0.3, -0.25) is 0 Å². The number of rotatable bonds is 5. The summed E-state index contributed by atoms with van der Waals surface area (Å²) in [7, 11) is -3.10. The van der Waals surface area contributed by atoms with Crippen molar-refractivity contribution in [1.82, 2.24) is 0 Å². The largest absolute Gasteiger partial charge is 0.228 e. The second-order valence-electron chi connectivity index (χ2n) is 5.62. The molecule has 2 nitrogen and oxygen atoms in total. The molecule has 0 saturated heterocycles. The minimum Gasteiger partial charge on any atom is -0.228 e. The van der Waals surface area contributed by atoms with Crippen molar-refractivity contribution < 1.29 is 8.42 Å². The van der Waals surface area contributed by atoms with Crippen LogP contribution in [0.2, 0.25) is 5.02 Å². The van der Waals surface area contributed by atoms with Crippen LogP contribution in [-0.2, 0) is 9.84 Å². The van der Waals surface area contributed by atoms with Crippen molar-refractivity contribution in [1.29, 1.82) is 0 Å². The lowest BCUT2D eigenvalue weighted by atomic mass is 9.99. The highest BCUT2D eigenvalue weighted by atomic mass is 35.5. The topological polar surface area (TPSA) is 34.1 Å². The number of halogens is 2. The molecule has 5 heteroatoms. The van der Waals surface area contributed by atoms with Crippen molar-refractivity contribution >= 4 is 33.0 Å². The van der Waals surface area contributed by atoms with Crippen molar-refractivity contribution in [3.8, 4) is 0 Å². The molecule has 1 aromatic carbocycles. The predicted octanol–water partition coefficient (Wildman–Crippen LogP) is 4.27. The number of sulfone groups is 1. The van der Waals surface area contributed by atoms with Gasteiger partial charge in [0.2, 0.25) is 0 Å². The summed E-state index contributed by atoms with van der Waals surface area (Å²) in [4.78, 5) is 0. The fourth-order valence-electron chi connectivity index (χ4n) is 1.67. The van der Waals surface area contributed by atoms with E-state index in [1.165, 1.54) is 0 Å². The van der Waals surface area contributed by atoms with Gasteiger partial charge in [-0.25, -0.2) is 8.42 Å². The Morgan fingerprint density at radius 3 is 2.11 bits per heavy atom. The summed E-state index contributed by atoms with van der Waals surface area (Å²) >= 11 is 11.8. The van der Waals surface area contributed by atoms with Gasteiger partial charge >= 0.3 is 0 Å². The molecule has 1 aromatic rings. The monoisotopic (exact) mass is 322 g/mol. The third kappa shape index (κ3) is 4.66. The van der Waals surface area contributed by atoms with E-state index in [0.29, 0.717) is 17.3 Å². The van der Waals surface area contributed by atoms with E-state index >= 15 is 0 Å². The molecule has 0 aliphatic rings. The highest BCUT2D eigenvalue weighted by Gasteiger charge is 2.29. The molecule has 0 aliphatic heterocycles. The average molecular weight is 323 g/mol. The molecule has 0 radical (unpaired) electrons. The molecule has 0 N–H and O–H groups in total. The Balaban J connectivity index is 2.77. The van der Waals surface area contributed by atoms with Crippen LogP contribution in [0.1, 0.15) is 38.7 Å². The second kappa shape index (κ2) is 6.47. The van der Waals surface area contributed by atoms with E-state index in [9.17, 15) is 8.42 Å². The first-order valence-corrected chi connectivity index (χ1v) is 8.77. The van der Waals surface area contributed by atoms with Gasteiger partial charge in [0.25, 0.3) is 0 Å². The zero-order valence-electron chi connectivity index (χ0n) is 11.5. The van der Waals surface area contributed by atoms with Crippen LogP contribution in [0, 0.1) is 0 Å². The van der Waals surface area contributed by atoms with Gasteiger partial charge in [0.05, 0.1) is 10.5 Å². The standard InChI is InChI=1S/C14H20Cl2O2S/c1-14(2,3)19(17,18)9-8-12(10-15)11-4-6-13(16)7-5-11/h4-7,12H,8-10H2,1-3H3. The zero-order chi connectivity index (χ0) is 14.7. The molecular weight excluding hydrogens is 303 g/mol. The van der Waals surface area contributed by atoms with Crippen LogP contribution in [0.3, 0.4) is 0 Å². The minimum absolute atomic E-state index is 0.0380. The van der Waals surface area contributed by atoms with E-state index in [0.717, 1.165) is 5.56 Å². The van der Waals surface area contributed by atoms with Crippen LogP contribution in [0.5, 0.6) is 0 Å². The number of hydrogen-bond acceptors (Lipinski definition) is 2. The van der Waals surface area contributed by atoms with Gasteiger partial charge in [-0.1, -0.05) is 23.7 Å². The van der Waals surface area contributed by atoms with Gasteiger partial charge in [0.1, 0.15) is 0 Å². The number of benzene rings is 1. The Labute approximate surface area is 126 Å². The predicted molar refractivity (Wildman–Crippen MR) is 83.1 cm³/mol. The smallest absolute Gasteiger partial charge is 0.155 e. The maximum atomic E-state index is 12.1. The van der Waals surface area contributed by atoms with Gasteiger partial charge in [-0.15, -0.1) is 11.6 Å². The van der Waals surface area contributed by atoms with Crippen molar-refractivity contribution in [3.05, 3.63) is 34.9 Å². The Hall–Kier alpha value is -0.250. The minimum atomic E-state index is -3.10. The van der Waals surface area contributed by atoms with E-state index in [2.05, 4.69) is 0 Å². The van der Waals surface area contributed by atoms with E-state index in [4.69, 9.17) is 23.2 Å². The zero-order valence-corrected chi connectivity index (χ0v) is 13.8. The van der Waals surface area contributed by atoms with Crippen molar-refractivity contribution in [2.24, 2.45) is 0 Å². The van der Waals surface area contributed by atoms with E-state index in [1.807, 2.05) is 12.1 Å². The highest BCUT2D eigenvalue weighted by molar-refractivity contribution is 7.92. The first-order valence-electron chi connectivity index (χ1n) is 6.21. The fraction of sp³-hybridized carbons (Fsp3) is 0.571. The SMILES string of the molecule is CC(C)(C)S(=O)(=O)CCC(CCl)c1ccc(Cl)cc1. The van der Waals surface area contributed by atoms with Crippen LogP contribution in [0.15, 0.2) is 24.3 Å². The number of hydrogen-bond donors (Lipinski definition) is 0. The lowest BCUT2D eigenvalue weighted by molar-refractivity contribution is 0.554. The summed E-state index contributed by atoms with van der Waals surface area (Å²) in [5, 5.41) is 0.666. The fourth-order valence-corrected chi connectivity index (χ4v) is 3.34. The molecule has 108 valence electrons. The normalized spacial score (nSPS) is 14.4. The van der Waals surface area contributed by atoms with E-state index < -0.39 is 14.6 Å². The Morgan fingerprint density at radius 1 is 1.16 bits per heavy atom. The molecule has 1 unspecified atom stereocenters. The van der Waals surface area contributed by atoms with Gasteiger partial charge in [0, 0.05) is 10.9 Å². The summed E-state index contributed by atoms with van der Waals surface area (Å²) in [5.74, 6) is 0.591. The molecule has 0 heterocycles. The van der Waals surface area contributed by atoms with Crippen LogP contribution in [-0.4, -0.2) is 24.8 Å². The summed E-state index contributed by atoms with van der Waals surface area (Å²) < 4.78 is 23.5. The van der Waals surface area contributed by atoms with E-state index in [1.54, 1.807) is 32.9 Å². The molecule has 1 atom stereocenters. The van der Waals surface area contributed by atoms with Gasteiger partial charge in [-0.05, 0) is 50.8 Å². The van der Waals surface area contributed by atoms with Gasteiger partial charge in [0.15, 0.2) is 9.84 Å². The summed E-state index contributed by atoms with van der Waals surface area (Å²) in [6.07, 6.45) is 0.532. The second-order valence-corrected chi connectivity index (χ2v) is 9.23. The molecule has 0 amide bonds. The Kier molecular flexibility index (Phi) is 5.72. The first-order chi connectivity index (χ1) is 8.67. The third-order valence-corrected chi connectivity index (χ3v) is 6.46.